The Balaban J connectivity index is 2.74. The average Bonchev–Trinajstić information content (AvgIpc) is 2.44. The molecule has 6 N–H and O–H groups in total. The summed E-state index contributed by atoms with van der Waals surface area (Å²) < 4.78 is 0. The number of carbonyl (C=O) groups is 2. The highest BCUT2D eigenvalue weighted by atomic mass is 16.2. The number of rotatable bonds is 2. The third-order valence-electron chi connectivity index (χ3n) is 3.96. The van der Waals surface area contributed by atoms with Crippen LogP contribution in [0.3, 0.4) is 0 Å². The first-order chi connectivity index (χ1) is 9.03. The maximum absolute atomic E-state index is 11.8. The Kier molecular flexibility index (Phi) is 6.31. The molecule has 0 aromatic carbocycles. The molecular formula is C12H23BN4O2. The van der Waals surface area contributed by atoms with Crippen LogP contribution in [0.5, 0.6) is 0 Å². The lowest BCUT2D eigenvalue weighted by molar-refractivity contribution is -0.127. The molecule has 6 nitrogen and oxygen atoms in total. The van der Waals surface area contributed by atoms with E-state index in [1.807, 2.05) is 0 Å². The maximum Gasteiger partial charge on any atom is 0.236 e. The van der Waals surface area contributed by atoms with Crippen LogP contribution in [-0.4, -0.2) is 19.7 Å². The average molecular weight is 266 g/mol. The molecule has 0 bridgehead atoms. The van der Waals surface area contributed by atoms with Gasteiger partial charge in [-0.25, -0.2) is 11.7 Å². The lowest BCUT2D eigenvalue weighted by Crippen LogP contribution is -2.42. The summed E-state index contributed by atoms with van der Waals surface area (Å²) in [5.74, 6) is 9.65. The Hall–Kier alpha value is -1.08. The quantitative estimate of drug-likeness (QED) is 0.245. The number of hydrogen-bond donors (Lipinski definition) is 4. The maximum atomic E-state index is 11.8. The smallest absolute Gasteiger partial charge is 0.236 e. The fraction of sp³-hybridized carbons (Fsp3) is 0.833. The summed E-state index contributed by atoms with van der Waals surface area (Å²) in [5.41, 5.74) is 4.31. The first-order valence-electron chi connectivity index (χ1n) is 6.84. The third kappa shape index (κ3) is 4.51. The highest BCUT2D eigenvalue weighted by Gasteiger charge is 2.33. The number of nitrogens with one attached hydrogen (secondary N) is 2. The molecule has 7 heteroatoms. The molecule has 0 spiro atoms. The molecule has 1 rings (SSSR count). The van der Waals surface area contributed by atoms with Crippen molar-refractivity contribution in [2.24, 2.45) is 17.6 Å². The van der Waals surface area contributed by atoms with Crippen LogP contribution in [0.25, 0.3) is 0 Å². The number of hydrogen-bond acceptors (Lipinski definition) is 4. The number of hydrazine groups is 2. The van der Waals surface area contributed by atoms with Gasteiger partial charge >= 0.3 is 0 Å². The van der Waals surface area contributed by atoms with E-state index in [1.165, 1.54) is 0 Å². The predicted octanol–water partition coefficient (Wildman–Crippen LogP) is 0.0440. The van der Waals surface area contributed by atoms with Crippen LogP contribution < -0.4 is 22.5 Å². The molecule has 1 fully saturated rings. The van der Waals surface area contributed by atoms with E-state index in [2.05, 4.69) is 10.9 Å². The summed E-state index contributed by atoms with van der Waals surface area (Å²) >= 11 is 0. The Morgan fingerprint density at radius 1 is 1.00 bits per heavy atom. The van der Waals surface area contributed by atoms with Gasteiger partial charge in [-0.05, 0) is 25.7 Å². The first kappa shape index (κ1) is 16.0. The van der Waals surface area contributed by atoms with Crippen LogP contribution in [-0.2, 0) is 9.59 Å². The predicted molar refractivity (Wildman–Crippen MR) is 73.5 cm³/mol. The SMILES string of the molecule is [B]C1(C(=O)NN)CCCCCCC(C(=O)NN)CC1. The molecule has 2 amide bonds. The second kappa shape index (κ2) is 7.50. The Morgan fingerprint density at radius 2 is 1.68 bits per heavy atom. The molecule has 2 unspecified atom stereocenters. The minimum Gasteiger partial charge on any atom is -0.294 e. The van der Waals surface area contributed by atoms with E-state index in [4.69, 9.17) is 19.5 Å². The van der Waals surface area contributed by atoms with Gasteiger partial charge in [0.05, 0.1) is 7.85 Å². The largest absolute Gasteiger partial charge is 0.294 e. The number of nitrogens with two attached hydrogens (primary N) is 2. The van der Waals surface area contributed by atoms with E-state index >= 15 is 0 Å². The van der Waals surface area contributed by atoms with Crippen LogP contribution in [0.4, 0.5) is 0 Å². The third-order valence-corrected chi connectivity index (χ3v) is 3.96. The van der Waals surface area contributed by atoms with Crippen molar-refractivity contribution in [3.8, 4) is 0 Å². The molecule has 2 atom stereocenters. The lowest BCUT2D eigenvalue weighted by atomic mass is 9.61. The lowest BCUT2D eigenvalue weighted by Gasteiger charge is -2.30. The van der Waals surface area contributed by atoms with E-state index in [0.29, 0.717) is 19.3 Å². The fourth-order valence-corrected chi connectivity index (χ4v) is 2.64. The summed E-state index contributed by atoms with van der Waals surface area (Å²) in [6.07, 6.45) is 6.30. The van der Waals surface area contributed by atoms with Crippen LogP contribution in [0, 0.1) is 5.92 Å². The summed E-state index contributed by atoms with van der Waals surface area (Å²) in [4.78, 5) is 23.5. The Bertz CT molecular complexity index is 327. The van der Waals surface area contributed by atoms with Crippen LogP contribution in [0.15, 0.2) is 0 Å². The molecule has 2 radical (unpaired) electrons. The van der Waals surface area contributed by atoms with E-state index in [-0.39, 0.29) is 17.7 Å². The van der Waals surface area contributed by atoms with Crippen LogP contribution >= 0.6 is 0 Å². The zero-order valence-corrected chi connectivity index (χ0v) is 11.3. The Morgan fingerprint density at radius 3 is 2.32 bits per heavy atom. The van der Waals surface area contributed by atoms with Gasteiger partial charge in [0.15, 0.2) is 0 Å². The van der Waals surface area contributed by atoms with Crippen LogP contribution in [0.2, 0.25) is 5.31 Å². The fourth-order valence-electron chi connectivity index (χ4n) is 2.64. The topological polar surface area (TPSA) is 110 Å². The molecular weight excluding hydrogens is 243 g/mol. The molecule has 0 aromatic heterocycles. The standard InChI is InChI=1S/C12H23BN4O2/c13-12(11(19)17-15)7-4-2-1-3-5-9(6-8-12)10(18)16-14/h9H,1-8,14-15H2,(H,16,18)(H,17,19). The van der Waals surface area contributed by atoms with Crippen molar-refractivity contribution in [1.29, 1.82) is 0 Å². The second-order valence-corrected chi connectivity index (χ2v) is 5.33. The van der Waals surface area contributed by atoms with Gasteiger partial charge < -0.3 is 0 Å². The first-order valence-corrected chi connectivity index (χ1v) is 6.84. The Labute approximate surface area is 115 Å². The van der Waals surface area contributed by atoms with Gasteiger partial charge in [-0.1, -0.05) is 25.7 Å². The van der Waals surface area contributed by atoms with Gasteiger partial charge in [-0.3, -0.25) is 20.4 Å². The van der Waals surface area contributed by atoms with E-state index in [9.17, 15) is 9.59 Å². The van der Waals surface area contributed by atoms with Crippen molar-refractivity contribution in [2.45, 2.75) is 56.7 Å². The summed E-state index contributed by atoms with van der Waals surface area (Å²) in [6, 6.07) is 0. The summed E-state index contributed by atoms with van der Waals surface area (Å²) in [7, 11) is 6.15. The molecule has 0 heterocycles. The number of carbonyl (C=O) groups excluding carboxylic acids is 2. The normalized spacial score (nSPS) is 29.3. The molecule has 1 aliphatic carbocycles. The van der Waals surface area contributed by atoms with Crippen LogP contribution in [0.1, 0.15) is 51.4 Å². The summed E-state index contributed by atoms with van der Waals surface area (Å²) in [5, 5.41) is -0.987. The molecule has 106 valence electrons. The zero-order valence-electron chi connectivity index (χ0n) is 11.3. The van der Waals surface area contributed by atoms with E-state index in [0.717, 1.165) is 32.1 Å². The van der Waals surface area contributed by atoms with Gasteiger partial charge in [-0.15, -0.1) is 0 Å². The van der Waals surface area contributed by atoms with E-state index < -0.39 is 5.31 Å². The van der Waals surface area contributed by atoms with Crippen molar-refractivity contribution >= 4 is 19.7 Å². The van der Waals surface area contributed by atoms with Gasteiger partial charge in [0.25, 0.3) is 0 Å². The van der Waals surface area contributed by atoms with Crippen molar-refractivity contribution in [2.75, 3.05) is 0 Å². The molecule has 1 saturated carbocycles. The molecule has 0 aliphatic heterocycles. The molecule has 19 heavy (non-hydrogen) atoms. The van der Waals surface area contributed by atoms with Crippen molar-refractivity contribution in [3.63, 3.8) is 0 Å². The molecule has 0 saturated heterocycles. The highest BCUT2D eigenvalue weighted by molar-refractivity contribution is 6.28. The minimum atomic E-state index is -0.987. The summed E-state index contributed by atoms with van der Waals surface area (Å²) in [6.45, 7) is 0. The number of amides is 2. The van der Waals surface area contributed by atoms with Crippen molar-refractivity contribution in [3.05, 3.63) is 0 Å². The van der Waals surface area contributed by atoms with Gasteiger partial charge in [0.2, 0.25) is 11.8 Å². The molecule has 0 aromatic rings. The molecule has 1 aliphatic rings. The van der Waals surface area contributed by atoms with Gasteiger partial charge in [0.1, 0.15) is 0 Å². The van der Waals surface area contributed by atoms with Crippen molar-refractivity contribution in [1.82, 2.24) is 10.9 Å². The monoisotopic (exact) mass is 266 g/mol. The second-order valence-electron chi connectivity index (χ2n) is 5.33. The van der Waals surface area contributed by atoms with Gasteiger partial charge in [-0.2, -0.15) is 0 Å². The zero-order chi connectivity index (χ0) is 14.3. The minimum absolute atomic E-state index is 0.184. The highest BCUT2D eigenvalue weighted by Crippen LogP contribution is 2.38. The van der Waals surface area contributed by atoms with Gasteiger partial charge in [0, 0.05) is 11.2 Å². The van der Waals surface area contributed by atoms with E-state index in [1.54, 1.807) is 0 Å². The van der Waals surface area contributed by atoms with Crippen molar-refractivity contribution < 1.29 is 9.59 Å².